The Morgan fingerprint density at radius 2 is 1.96 bits per heavy atom. The molecule has 1 aromatic rings. The lowest BCUT2D eigenvalue weighted by atomic mass is 9.73. The molecule has 1 fully saturated rings. The molecule has 1 aliphatic carbocycles. The predicted octanol–water partition coefficient (Wildman–Crippen LogP) is 5.34. The number of phenols is 1. The van der Waals surface area contributed by atoms with Crippen molar-refractivity contribution >= 4 is 6.21 Å². The Morgan fingerprint density at radius 1 is 1.19 bits per heavy atom. The van der Waals surface area contributed by atoms with Gasteiger partial charge in [0.15, 0.2) is 0 Å². The van der Waals surface area contributed by atoms with Crippen molar-refractivity contribution in [2.75, 3.05) is 0 Å². The van der Waals surface area contributed by atoms with Gasteiger partial charge in [-0.25, -0.2) is 0 Å². The van der Waals surface area contributed by atoms with E-state index in [-0.39, 0.29) is 23.4 Å². The number of nitrogens with zero attached hydrogens (tertiary/aromatic N) is 1. The Morgan fingerprint density at radius 3 is 2.62 bits per heavy atom. The monoisotopic (exact) mass is 361 g/mol. The fourth-order valence-corrected chi connectivity index (χ4v) is 4.21. The van der Waals surface area contributed by atoms with Gasteiger partial charge in [0.25, 0.3) is 0 Å². The molecular formula is C22H35NO3. The molecule has 4 heteroatoms. The van der Waals surface area contributed by atoms with Crippen LogP contribution in [0.3, 0.4) is 0 Å². The molecule has 0 amide bonds. The summed E-state index contributed by atoms with van der Waals surface area (Å²) in [5.41, 5.74) is 2.03. The average molecular weight is 362 g/mol. The van der Waals surface area contributed by atoms with Gasteiger partial charge in [-0.05, 0) is 54.2 Å². The number of hydrogen-bond acceptors (Lipinski definition) is 4. The van der Waals surface area contributed by atoms with Crippen LogP contribution in [0.25, 0.3) is 0 Å². The van der Waals surface area contributed by atoms with E-state index in [2.05, 4.69) is 32.0 Å². The minimum atomic E-state index is -0.363. The predicted molar refractivity (Wildman–Crippen MR) is 106 cm³/mol. The Kier molecular flexibility index (Phi) is 7.51. The average Bonchev–Trinajstić information content (AvgIpc) is 2.60. The van der Waals surface area contributed by atoms with Crippen molar-refractivity contribution in [3.63, 3.8) is 0 Å². The van der Waals surface area contributed by atoms with Crippen LogP contribution in [-0.2, 0) is 5.41 Å². The standard InChI is InChI=1S/C22H35NO3/c1-4-5-6-7-12-22(2,3)17-9-11-19(21(25)13-17)20-14-18(24)10-8-16(20)15-23-26/h9,11,13,15-16,18,20,24-26H,4-8,10,12,14H2,1-3H3/t16-,18-,20+/m1/s1. The minimum absolute atomic E-state index is 0.0173. The number of benzene rings is 1. The van der Waals surface area contributed by atoms with Crippen LogP contribution >= 0.6 is 0 Å². The van der Waals surface area contributed by atoms with Crippen LogP contribution in [0, 0.1) is 5.92 Å². The normalized spacial score (nSPS) is 24.2. The molecule has 0 unspecified atom stereocenters. The van der Waals surface area contributed by atoms with Crippen molar-refractivity contribution in [2.24, 2.45) is 11.1 Å². The van der Waals surface area contributed by atoms with Crippen molar-refractivity contribution < 1.29 is 15.4 Å². The maximum absolute atomic E-state index is 10.7. The highest BCUT2D eigenvalue weighted by Crippen LogP contribution is 2.42. The maximum Gasteiger partial charge on any atom is 0.119 e. The first kappa shape index (κ1) is 20.8. The van der Waals surface area contributed by atoms with Crippen molar-refractivity contribution in [3.05, 3.63) is 29.3 Å². The van der Waals surface area contributed by atoms with Gasteiger partial charge >= 0.3 is 0 Å². The summed E-state index contributed by atoms with van der Waals surface area (Å²) in [5.74, 6) is 0.318. The minimum Gasteiger partial charge on any atom is -0.508 e. The summed E-state index contributed by atoms with van der Waals surface area (Å²) in [6, 6.07) is 6.01. The molecule has 26 heavy (non-hydrogen) atoms. The van der Waals surface area contributed by atoms with Gasteiger partial charge in [-0.15, -0.1) is 5.16 Å². The van der Waals surface area contributed by atoms with E-state index < -0.39 is 0 Å². The summed E-state index contributed by atoms with van der Waals surface area (Å²) in [7, 11) is 0. The molecule has 0 heterocycles. The van der Waals surface area contributed by atoms with E-state index >= 15 is 0 Å². The molecular weight excluding hydrogens is 326 g/mol. The molecule has 1 aliphatic rings. The lowest BCUT2D eigenvalue weighted by molar-refractivity contribution is 0.108. The van der Waals surface area contributed by atoms with Crippen molar-refractivity contribution in [2.45, 2.75) is 89.6 Å². The first-order chi connectivity index (χ1) is 12.4. The zero-order chi connectivity index (χ0) is 19.2. The fraction of sp³-hybridized carbons (Fsp3) is 0.682. The van der Waals surface area contributed by atoms with Crippen molar-refractivity contribution in [3.8, 4) is 5.75 Å². The lowest BCUT2D eigenvalue weighted by Crippen LogP contribution is -2.27. The Hall–Kier alpha value is -1.55. The molecule has 0 saturated heterocycles. The Labute approximate surface area is 157 Å². The Bertz CT molecular complexity index is 597. The van der Waals surface area contributed by atoms with E-state index in [4.69, 9.17) is 5.21 Å². The highest BCUT2D eigenvalue weighted by Gasteiger charge is 2.32. The van der Waals surface area contributed by atoms with Crippen LogP contribution in [0.2, 0.25) is 0 Å². The second-order valence-corrected chi connectivity index (χ2v) is 8.47. The molecule has 0 bridgehead atoms. The van der Waals surface area contributed by atoms with Crippen LogP contribution in [0.1, 0.15) is 89.2 Å². The number of rotatable bonds is 8. The molecule has 3 atom stereocenters. The molecule has 0 aromatic heterocycles. The van der Waals surface area contributed by atoms with Crippen LogP contribution in [-0.4, -0.2) is 27.7 Å². The number of aromatic hydroxyl groups is 1. The quantitative estimate of drug-likeness (QED) is 0.253. The summed E-state index contributed by atoms with van der Waals surface area (Å²) >= 11 is 0. The largest absolute Gasteiger partial charge is 0.508 e. The van der Waals surface area contributed by atoms with Crippen LogP contribution < -0.4 is 0 Å². The summed E-state index contributed by atoms with van der Waals surface area (Å²) in [6.45, 7) is 6.69. The summed E-state index contributed by atoms with van der Waals surface area (Å²) in [6.07, 6.45) is 9.31. The molecule has 1 aromatic carbocycles. The molecule has 0 radical (unpaired) electrons. The summed E-state index contributed by atoms with van der Waals surface area (Å²) < 4.78 is 0. The van der Waals surface area contributed by atoms with Gasteiger partial charge in [-0.1, -0.05) is 58.6 Å². The van der Waals surface area contributed by atoms with Crippen LogP contribution in [0.5, 0.6) is 5.75 Å². The number of oxime groups is 1. The third-order valence-electron chi connectivity index (χ3n) is 6.00. The third-order valence-corrected chi connectivity index (χ3v) is 6.00. The second-order valence-electron chi connectivity index (χ2n) is 8.47. The first-order valence-electron chi connectivity index (χ1n) is 10.1. The van der Waals surface area contributed by atoms with Gasteiger partial charge in [0.1, 0.15) is 5.75 Å². The molecule has 4 nitrogen and oxygen atoms in total. The van der Waals surface area contributed by atoms with E-state index in [0.29, 0.717) is 18.6 Å². The zero-order valence-corrected chi connectivity index (χ0v) is 16.5. The van der Waals surface area contributed by atoms with Crippen LogP contribution in [0.4, 0.5) is 0 Å². The van der Waals surface area contributed by atoms with Crippen molar-refractivity contribution in [1.82, 2.24) is 0 Å². The number of hydrogen-bond donors (Lipinski definition) is 3. The van der Waals surface area contributed by atoms with E-state index in [9.17, 15) is 10.2 Å². The van der Waals surface area contributed by atoms with Gasteiger partial charge in [0.2, 0.25) is 0 Å². The number of aliphatic hydroxyl groups is 1. The highest BCUT2D eigenvalue weighted by molar-refractivity contribution is 5.63. The smallest absolute Gasteiger partial charge is 0.119 e. The lowest BCUT2D eigenvalue weighted by Gasteiger charge is -2.33. The van der Waals surface area contributed by atoms with Gasteiger partial charge in [-0.3, -0.25) is 0 Å². The number of aliphatic hydroxyl groups excluding tert-OH is 1. The molecule has 2 rings (SSSR count). The van der Waals surface area contributed by atoms with Crippen molar-refractivity contribution in [1.29, 1.82) is 0 Å². The number of phenolic OH excluding ortho intramolecular Hbond substituents is 1. The summed E-state index contributed by atoms with van der Waals surface area (Å²) in [5, 5.41) is 32.9. The maximum atomic E-state index is 10.7. The SMILES string of the molecule is CCCCCCC(C)(C)c1ccc([C@H]2C[C@H](O)CC[C@@H]2C=NO)c(O)c1. The first-order valence-corrected chi connectivity index (χ1v) is 10.1. The van der Waals surface area contributed by atoms with Crippen LogP contribution in [0.15, 0.2) is 23.4 Å². The third kappa shape index (κ3) is 5.23. The van der Waals surface area contributed by atoms with Gasteiger partial charge in [0.05, 0.1) is 6.10 Å². The fourth-order valence-electron chi connectivity index (χ4n) is 4.21. The zero-order valence-electron chi connectivity index (χ0n) is 16.5. The van der Waals surface area contributed by atoms with Gasteiger partial charge in [-0.2, -0.15) is 0 Å². The van der Waals surface area contributed by atoms with E-state index in [1.54, 1.807) is 6.21 Å². The molecule has 0 aliphatic heterocycles. The molecule has 146 valence electrons. The second kappa shape index (κ2) is 9.40. The van der Waals surface area contributed by atoms with Gasteiger partial charge in [0, 0.05) is 12.1 Å². The van der Waals surface area contributed by atoms with E-state index in [0.717, 1.165) is 24.0 Å². The molecule has 3 N–H and O–H groups in total. The number of unbranched alkanes of at least 4 members (excludes halogenated alkanes) is 3. The van der Waals surface area contributed by atoms with E-state index in [1.165, 1.54) is 25.7 Å². The van der Waals surface area contributed by atoms with Gasteiger partial charge < -0.3 is 15.4 Å². The molecule has 1 saturated carbocycles. The summed E-state index contributed by atoms with van der Waals surface area (Å²) in [4.78, 5) is 0. The topological polar surface area (TPSA) is 73.1 Å². The molecule has 0 spiro atoms. The van der Waals surface area contributed by atoms with E-state index in [1.807, 2.05) is 12.1 Å². The Balaban J connectivity index is 2.17. The highest BCUT2D eigenvalue weighted by atomic mass is 16.4.